The molecule has 0 fully saturated rings. The topological polar surface area (TPSA) is 51.0 Å². The second kappa shape index (κ2) is 5.91. The SMILES string of the molecule is COc1ccc(OC)c(C=Nc2ccc(O)cc2)c1. The standard InChI is InChI=1S/C15H15NO3/c1-18-14-7-8-15(19-2)11(9-14)10-16-12-3-5-13(17)6-4-12/h3-10,17H,1-2H3. The Bertz CT molecular complexity index is 576. The number of aliphatic imine (C=N–C) groups is 1. The molecular weight excluding hydrogens is 242 g/mol. The van der Waals surface area contributed by atoms with Crippen LogP contribution in [0.25, 0.3) is 0 Å². The number of aromatic hydroxyl groups is 1. The Kier molecular flexibility index (Phi) is 4.03. The van der Waals surface area contributed by atoms with Crippen LogP contribution in [-0.2, 0) is 0 Å². The molecule has 0 aromatic heterocycles. The van der Waals surface area contributed by atoms with Crippen molar-refractivity contribution in [3.63, 3.8) is 0 Å². The number of hydrogen-bond acceptors (Lipinski definition) is 4. The average molecular weight is 257 g/mol. The smallest absolute Gasteiger partial charge is 0.127 e. The zero-order valence-electron chi connectivity index (χ0n) is 10.8. The van der Waals surface area contributed by atoms with Crippen LogP contribution in [0.1, 0.15) is 5.56 Å². The molecule has 2 aromatic rings. The van der Waals surface area contributed by atoms with Crippen molar-refractivity contribution in [3.05, 3.63) is 48.0 Å². The van der Waals surface area contributed by atoms with Gasteiger partial charge in [-0.2, -0.15) is 0 Å². The summed E-state index contributed by atoms with van der Waals surface area (Å²) >= 11 is 0. The molecule has 0 atom stereocenters. The monoisotopic (exact) mass is 257 g/mol. The first kappa shape index (κ1) is 13.0. The Morgan fingerprint density at radius 3 is 2.37 bits per heavy atom. The fourth-order valence-corrected chi connectivity index (χ4v) is 1.62. The van der Waals surface area contributed by atoms with Gasteiger partial charge < -0.3 is 14.6 Å². The normalized spacial score (nSPS) is 10.6. The van der Waals surface area contributed by atoms with Crippen molar-refractivity contribution < 1.29 is 14.6 Å². The molecule has 0 radical (unpaired) electrons. The van der Waals surface area contributed by atoms with Crippen molar-refractivity contribution in [2.24, 2.45) is 4.99 Å². The number of rotatable bonds is 4. The molecule has 0 unspecified atom stereocenters. The van der Waals surface area contributed by atoms with E-state index in [-0.39, 0.29) is 5.75 Å². The van der Waals surface area contributed by atoms with Gasteiger partial charge in [0.2, 0.25) is 0 Å². The van der Waals surface area contributed by atoms with Crippen LogP contribution in [0.4, 0.5) is 5.69 Å². The van der Waals surface area contributed by atoms with Crippen LogP contribution < -0.4 is 9.47 Å². The molecule has 0 spiro atoms. The zero-order valence-corrected chi connectivity index (χ0v) is 10.8. The van der Waals surface area contributed by atoms with E-state index in [0.29, 0.717) is 0 Å². The number of phenolic OH excluding ortho intramolecular Hbond substituents is 1. The largest absolute Gasteiger partial charge is 0.508 e. The summed E-state index contributed by atoms with van der Waals surface area (Å²) in [6, 6.07) is 12.2. The lowest BCUT2D eigenvalue weighted by molar-refractivity contribution is 0.402. The van der Waals surface area contributed by atoms with Crippen molar-refractivity contribution in [1.82, 2.24) is 0 Å². The summed E-state index contributed by atoms with van der Waals surface area (Å²) in [4.78, 5) is 4.33. The van der Waals surface area contributed by atoms with Gasteiger partial charge in [0, 0.05) is 11.8 Å². The minimum atomic E-state index is 0.220. The fourth-order valence-electron chi connectivity index (χ4n) is 1.62. The van der Waals surface area contributed by atoms with Gasteiger partial charge in [0.05, 0.1) is 19.9 Å². The maximum Gasteiger partial charge on any atom is 0.127 e. The van der Waals surface area contributed by atoms with E-state index in [1.165, 1.54) is 0 Å². The molecule has 0 bridgehead atoms. The third kappa shape index (κ3) is 3.25. The lowest BCUT2D eigenvalue weighted by Gasteiger charge is -2.06. The highest BCUT2D eigenvalue weighted by molar-refractivity contribution is 5.86. The molecule has 2 rings (SSSR count). The van der Waals surface area contributed by atoms with Crippen LogP contribution >= 0.6 is 0 Å². The zero-order chi connectivity index (χ0) is 13.7. The molecule has 19 heavy (non-hydrogen) atoms. The van der Waals surface area contributed by atoms with Gasteiger partial charge in [0.1, 0.15) is 17.2 Å². The van der Waals surface area contributed by atoms with Gasteiger partial charge in [-0.25, -0.2) is 0 Å². The maximum absolute atomic E-state index is 9.20. The van der Waals surface area contributed by atoms with Gasteiger partial charge in [-0.15, -0.1) is 0 Å². The Morgan fingerprint density at radius 1 is 1.00 bits per heavy atom. The summed E-state index contributed by atoms with van der Waals surface area (Å²) in [6.45, 7) is 0. The van der Waals surface area contributed by atoms with Crippen LogP contribution in [0.15, 0.2) is 47.5 Å². The molecule has 0 aliphatic rings. The van der Waals surface area contributed by atoms with E-state index in [1.54, 1.807) is 44.7 Å². The van der Waals surface area contributed by atoms with Crippen molar-refractivity contribution in [3.8, 4) is 17.2 Å². The van der Waals surface area contributed by atoms with E-state index in [9.17, 15) is 5.11 Å². The molecule has 0 saturated carbocycles. The van der Waals surface area contributed by atoms with Gasteiger partial charge in [0.15, 0.2) is 0 Å². The first-order chi connectivity index (χ1) is 9.22. The van der Waals surface area contributed by atoms with Crippen LogP contribution in [0.3, 0.4) is 0 Å². The highest BCUT2D eigenvalue weighted by atomic mass is 16.5. The van der Waals surface area contributed by atoms with Crippen LogP contribution in [-0.4, -0.2) is 25.5 Å². The highest BCUT2D eigenvalue weighted by Crippen LogP contribution is 2.23. The minimum absolute atomic E-state index is 0.220. The van der Waals surface area contributed by atoms with Gasteiger partial charge >= 0.3 is 0 Å². The lowest BCUT2D eigenvalue weighted by Crippen LogP contribution is -1.92. The Morgan fingerprint density at radius 2 is 1.74 bits per heavy atom. The number of phenols is 1. The summed E-state index contributed by atoms with van der Waals surface area (Å²) in [6.07, 6.45) is 1.70. The van der Waals surface area contributed by atoms with E-state index < -0.39 is 0 Å². The third-order valence-electron chi connectivity index (χ3n) is 2.64. The van der Waals surface area contributed by atoms with E-state index in [1.807, 2.05) is 18.2 Å². The summed E-state index contributed by atoms with van der Waals surface area (Å²) in [7, 11) is 3.22. The minimum Gasteiger partial charge on any atom is -0.508 e. The first-order valence-electron chi connectivity index (χ1n) is 5.78. The van der Waals surface area contributed by atoms with Crippen LogP contribution in [0, 0.1) is 0 Å². The summed E-state index contributed by atoms with van der Waals surface area (Å²) in [5.74, 6) is 1.69. The third-order valence-corrected chi connectivity index (χ3v) is 2.64. The Balaban J connectivity index is 2.28. The lowest BCUT2D eigenvalue weighted by atomic mass is 10.2. The number of methoxy groups -OCH3 is 2. The van der Waals surface area contributed by atoms with E-state index >= 15 is 0 Å². The number of ether oxygens (including phenoxy) is 2. The average Bonchev–Trinajstić information content (AvgIpc) is 2.46. The van der Waals surface area contributed by atoms with Gasteiger partial charge in [-0.1, -0.05) is 0 Å². The molecular formula is C15H15NO3. The van der Waals surface area contributed by atoms with E-state index in [4.69, 9.17) is 9.47 Å². The summed E-state index contributed by atoms with van der Waals surface area (Å²) in [5.41, 5.74) is 1.58. The summed E-state index contributed by atoms with van der Waals surface area (Å²) < 4.78 is 10.4. The van der Waals surface area contributed by atoms with Gasteiger partial charge in [-0.3, -0.25) is 4.99 Å². The molecule has 0 heterocycles. The summed E-state index contributed by atoms with van der Waals surface area (Å²) in [5, 5.41) is 9.20. The molecule has 98 valence electrons. The first-order valence-corrected chi connectivity index (χ1v) is 5.78. The maximum atomic E-state index is 9.20. The van der Waals surface area contributed by atoms with Gasteiger partial charge in [0.25, 0.3) is 0 Å². The van der Waals surface area contributed by atoms with Crippen LogP contribution in [0.5, 0.6) is 17.2 Å². The second-order valence-electron chi connectivity index (χ2n) is 3.88. The second-order valence-corrected chi connectivity index (χ2v) is 3.88. The van der Waals surface area contributed by atoms with Crippen molar-refractivity contribution in [2.45, 2.75) is 0 Å². The van der Waals surface area contributed by atoms with Crippen molar-refractivity contribution in [2.75, 3.05) is 14.2 Å². The molecule has 0 aliphatic carbocycles. The predicted molar refractivity (Wildman–Crippen MR) is 74.9 cm³/mol. The number of nitrogens with zero attached hydrogens (tertiary/aromatic N) is 1. The number of benzene rings is 2. The Labute approximate surface area is 111 Å². The molecule has 0 amide bonds. The molecule has 0 saturated heterocycles. The fraction of sp³-hybridized carbons (Fsp3) is 0.133. The van der Waals surface area contributed by atoms with Crippen molar-refractivity contribution >= 4 is 11.9 Å². The molecule has 4 heteroatoms. The quantitative estimate of drug-likeness (QED) is 0.856. The van der Waals surface area contributed by atoms with Crippen LogP contribution in [0.2, 0.25) is 0 Å². The molecule has 0 aliphatic heterocycles. The highest BCUT2D eigenvalue weighted by Gasteiger charge is 2.02. The number of hydrogen-bond donors (Lipinski definition) is 1. The van der Waals surface area contributed by atoms with E-state index in [0.717, 1.165) is 22.7 Å². The van der Waals surface area contributed by atoms with Crippen molar-refractivity contribution in [1.29, 1.82) is 0 Å². The molecule has 1 N–H and O–H groups in total. The Hall–Kier alpha value is -2.49. The molecule has 2 aromatic carbocycles. The van der Waals surface area contributed by atoms with Gasteiger partial charge in [-0.05, 0) is 42.5 Å². The molecule has 4 nitrogen and oxygen atoms in total. The predicted octanol–water partition coefficient (Wildman–Crippen LogP) is 3.16. The van der Waals surface area contributed by atoms with E-state index in [2.05, 4.69) is 4.99 Å².